The first-order chi connectivity index (χ1) is 25.7. The Kier molecular flexibility index (Phi) is 13.5. The summed E-state index contributed by atoms with van der Waals surface area (Å²) < 4.78 is 21.9. The topological polar surface area (TPSA) is 137 Å². The number of hydrogen-bond acceptors (Lipinski definition) is 10. The molecule has 0 saturated heterocycles. The molecule has 0 bridgehead atoms. The van der Waals surface area contributed by atoms with E-state index >= 15 is 0 Å². The Bertz CT molecular complexity index is 2040. The van der Waals surface area contributed by atoms with Gasteiger partial charge in [0.1, 0.15) is 11.4 Å². The Morgan fingerprint density at radius 3 is 2.21 bits per heavy atom. The number of ether oxygens (including phenoxy) is 4. The predicted octanol–water partition coefficient (Wildman–Crippen LogP) is 8.15. The van der Waals surface area contributed by atoms with Crippen molar-refractivity contribution >= 4 is 57.7 Å². The van der Waals surface area contributed by atoms with Gasteiger partial charge < -0.3 is 34.9 Å². The Labute approximate surface area is 316 Å². The number of amides is 3. The molecule has 1 atom stereocenters. The molecule has 0 radical (unpaired) electrons. The molecular formula is C40H40N4O7S2. The average Bonchev–Trinajstić information content (AvgIpc) is 3.65. The lowest BCUT2D eigenvalue weighted by atomic mass is 10.1. The third kappa shape index (κ3) is 10.2. The second-order valence-electron chi connectivity index (χ2n) is 11.3. The molecule has 1 unspecified atom stereocenters. The van der Waals surface area contributed by atoms with Crippen molar-refractivity contribution in [2.24, 2.45) is 0 Å². The zero-order valence-corrected chi connectivity index (χ0v) is 31.6. The van der Waals surface area contributed by atoms with Crippen molar-refractivity contribution in [2.45, 2.75) is 30.4 Å². The number of thioether (sulfide) groups is 1. The van der Waals surface area contributed by atoms with E-state index in [1.165, 1.54) is 50.5 Å². The van der Waals surface area contributed by atoms with Gasteiger partial charge in [-0.3, -0.25) is 14.4 Å². The summed E-state index contributed by atoms with van der Waals surface area (Å²) in [6.07, 6.45) is 2.08. The highest BCUT2D eigenvalue weighted by Crippen LogP contribution is 2.39. The van der Waals surface area contributed by atoms with Crippen LogP contribution < -0.4 is 34.9 Å². The SMILES string of the molecule is CCOc1ccc(-c2csc(NC(=O)C(CC)Sc3cccc(NC(=O)/C(=C\c4cc(OC)c(OC)c(OC)c4)NC(=O)c4ccccc4)c3)n2)cc1. The van der Waals surface area contributed by atoms with E-state index in [1.54, 1.807) is 60.7 Å². The van der Waals surface area contributed by atoms with E-state index in [4.69, 9.17) is 18.9 Å². The lowest BCUT2D eigenvalue weighted by Crippen LogP contribution is -2.30. The molecule has 0 fully saturated rings. The molecule has 1 aromatic heterocycles. The molecule has 274 valence electrons. The number of rotatable bonds is 16. The highest BCUT2D eigenvalue weighted by atomic mass is 32.2. The maximum absolute atomic E-state index is 13.8. The lowest BCUT2D eigenvalue weighted by Gasteiger charge is -2.16. The molecule has 3 N–H and O–H groups in total. The maximum atomic E-state index is 13.8. The van der Waals surface area contributed by atoms with Crippen molar-refractivity contribution in [3.8, 4) is 34.3 Å². The van der Waals surface area contributed by atoms with E-state index in [1.807, 2.05) is 49.6 Å². The number of nitrogens with one attached hydrogen (secondary N) is 3. The van der Waals surface area contributed by atoms with Gasteiger partial charge in [0.25, 0.3) is 11.8 Å². The fourth-order valence-corrected chi connectivity index (χ4v) is 6.90. The summed E-state index contributed by atoms with van der Waals surface area (Å²) in [5.74, 6) is 0.728. The summed E-state index contributed by atoms with van der Waals surface area (Å²) in [5, 5.41) is 10.6. The first-order valence-corrected chi connectivity index (χ1v) is 18.5. The van der Waals surface area contributed by atoms with Gasteiger partial charge in [-0.05, 0) is 91.7 Å². The monoisotopic (exact) mass is 752 g/mol. The van der Waals surface area contributed by atoms with Gasteiger partial charge in [0.2, 0.25) is 11.7 Å². The molecule has 11 nitrogen and oxygen atoms in total. The van der Waals surface area contributed by atoms with E-state index in [-0.39, 0.29) is 11.6 Å². The summed E-state index contributed by atoms with van der Waals surface area (Å²) in [6.45, 7) is 4.46. The van der Waals surface area contributed by atoms with Crippen LogP contribution in [0, 0.1) is 0 Å². The number of anilines is 2. The summed E-state index contributed by atoms with van der Waals surface area (Å²) >= 11 is 2.73. The van der Waals surface area contributed by atoms with Gasteiger partial charge >= 0.3 is 0 Å². The highest BCUT2D eigenvalue weighted by Gasteiger charge is 2.21. The minimum Gasteiger partial charge on any atom is -0.494 e. The lowest BCUT2D eigenvalue weighted by molar-refractivity contribution is -0.116. The summed E-state index contributed by atoms with van der Waals surface area (Å²) in [7, 11) is 4.48. The standard InChI is InChI=1S/C40H40N4O7S2/c1-6-35(39(47)44-40-43-32(24-52-40)26-16-18-29(19-17-26)51-7-2)53-30-15-11-14-28(23-30)41-38(46)31(42-37(45)27-12-9-8-10-13-27)20-25-21-33(48-3)36(50-5)34(22-25)49-4/h8-24,35H,6-7H2,1-5H3,(H,41,46)(H,42,45)(H,43,44,47)/b31-20+. The van der Waals surface area contributed by atoms with Crippen LogP contribution in [0.25, 0.3) is 17.3 Å². The van der Waals surface area contributed by atoms with E-state index in [2.05, 4.69) is 20.9 Å². The largest absolute Gasteiger partial charge is 0.494 e. The molecule has 5 rings (SSSR count). The highest BCUT2D eigenvalue weighted by molar-refractivity contribution is 8.00. The van der Waals surface area contributed by atoms with Crippen molar-refractivity contribution in [3.63, 3.8) is 0 Å². The van der Waals surface area contributed by atoms with Crippen LogP contribution in [0.5, 0.6) is 23.0 Å². The average molecular weight is 753 g/mol. The van der Waals surface area contributed by atoms with Crippen molar-refractivity contribution in [2.75, 3.05) is 38.6 Å². The van der Waals surface area contributed by atoms with Gasteiger partial charge in [-0.2, -0.15) is 0 Å². The van der Waals surface area contributed by atoms with Crippen LogP contribution in [0.15, 0.2) is 107 Å². The Hall–Kier alpha value is -5.79. The van der Waals surface area contributed by atoms with Crippen molar-refractivity contribution < 1.29 is 33.3 Å². The summed E-state index contributed by atoms with van der Waals surface area (Å²) in [6, 6.07) is 26.8. The molecule has 0 spiro atoms. The molecule has 5 aromatic rings. The molecule has 0 saturated carbocycles. The fraction of sp³-hybridized carbons (Fsp3) is 0.200. The second-order valence-corrected chi connectivity index (χ2v) is 13.5. The number of methoxy groups -OCH3 is 3. The van der Waals surface area contributed by atoms with E-state index in [0.717, 1.165) is 21.9 Å². The second kappa shape index (κ2) is 18.6. The third-order valence-electron chi connectivity index (χ3n) is 7.76. The number of benzene rings is 4. The smallest absolute Gasteiger partial charge is 0.272 e. The third-order valence-corrected chi connectivity index (χ3v) is 9.87. The number of hydrogen-bond donors (Lipinski definition) is 3. The van der Waals surface area contributed by atoms with E-state index in [0.29, 0.717) is 52.2 Å². The number of thiazole rings is 1. The van der Waals surface area contributed by atoms with Crippen LogP contribution in [0.2, 0.25) is 0 Å². The van der Waals surface area contributed by atoms with E-state index < -0.39 is 17.1 Å². The molecule has 13 heteroatoms. The molecule has 0 aliphatic heterocycles. The molecule has 0 aliphatic carbocycles. The minimum atomic E-state index is -0.568. The van der Waals surface area contributed by atoms with Gasteiger partial charge in [0.05, 0.1) is 38.9 Å². The van der Waals surface area contributed by atoms with Gasteiger partial charge in [-0.25, -0.2) is 4.98 Å². The van der Waals surface area contributed by atoms with Crippen LogP contribution in [0.1, 0.15) is 36.2 Å². The number of carbonyl (C=O) groups excluding carboxylic acids is 3. The van der Waals surface area contributed by atoms with Gasteiger partial charge in [-0.15, -0.1) is 23.1 Å². The zero-order valence-electron chi connectivity index (χ0n) is 29.9. The first-order valence-electron chi connectivity index (χ1n) is 16.7. The molecule has 1 heterocycles. The zero-order chi connectivity index (χ0) is 37.7. The number of carbonyl (C=O) groups is 3. The molecule has 3 amide bonds. The Morgan fingerprint density at radius 2 is 1.57 bits per heavy atom. The molecule has 53 heavy (non-hydrogen) atoms. The van der Waals surface area contributed by atoms with Gasteiger partial charge in [-0.1, -0.05) is 31.2 Å². The molecule has 4 aromatic carbocycles. The fourth-order valence-electron chi connectivity index (χ4n) is 5.16. The Balaban J connectivity index is 1.31. The van der Waals surface area contributed by atoms with Crippen LogP contribution in [-0.4, -0.2) is 55.9 Å². The normalized spacial score (nSPS) is 11.6. The van der Waals surface area contributed by atoms with Crippen molar-refractivity contribution in [1.82, 2.24) is 10.3 Å². The number of nitrogens with zero attached hydrogens (tertiary/aromatic N) is 1. The van der Waals surface area contributed by atoms with Crippen molar-refractivity contribution in [1.29, 1.82) is 0 Å². The van der Waals surface area contributed by atoms with Crippen LogP contribution in [0.4, 0.5) is 10.8 Å². The quantitative estimate of drug-likeness (QED) is 0.0674. The van der Waals surface area contributed by atoms with Gasteiger partial charge in [0, 0.05) is 27.1 Å². The maximum Gasteiger partial charge on any atom is 0.272 e. The molecular weight excluding hydrogens is 713 g/mol. The van der Waals surface area contributed by atoms with Crippen LogP contribution >= 0.6 is 23.1 Å². The minimum absolute atomic E-state index is 0.0231. The van der Waals surface area contributed by atoms with E-state index in [9.17, 15) is 14.4 Å². The summed E-state index contributed by atoms with van der Waals surface area (Å²) in [4.78, 5) is 45.8. The van der Waals surface area contributed by atoms with Crippen molar-refractivity contribution in [3.05, 3.63) is 113 Å². The Morgan fingerprint density at radius 1 is 0.849 bits per heavy atom. The van der Waals surface area contributed by atoms with Gasteiger partial charge in [0.15, 0.2) is 16.6 Å². The predicted molar refractivity (Wildman–Crippen MR) is 210 cm³/mol. The first kappa shape index (κ1) is 38.4. The molecule has 0 aliphatic rings. The number of aromatic nitrogens is 1. The van der Waals surface area contributed by atoms with Crippen LogP contribution in [-0.2, 0) is 9.59 Å². The van der Waals surface area contributed by atoms with Crippen LogP contribution in [0.3, 0.4) is 0 Å². The summed E-state index contributed by atoms with van der Waals surface area (Å²) in [5.41, 5.74) is 3.03.